The summed E-state index contributed by atoms with van der Waals surface area (Å²) in [5.74, 6) is -0.240. The molecule has 0 aliphatic heterocycles. The smallest absolute Gasteiger partial charge is 0.193 e. The van der Waals surface area contributed by atoms with Crippen LogP contribution in [0.4, 0.5) is 10.1 Å². The second-order valence-electron chi connectivity index (χ2n) is 4.79. The first kappa shape index (κ1) is 18.9. The van der Waals surface area contributed by atoms with Crippen LogP contribution in [-0.4, -0.2) is 5.96 Å². The van der Waals surface area contributed by atoms with Gasteiger partial charge in [0.05, 0.1) is 18.2 Å². The quantitative estimate of drug-likeness (QED) is 0.446. The largest absolute Gasteiger partial charge is 0.370 e. The average molecular weight is 424 g/mol. The van der Waals surface area contributed by atoms with Gasteiger partial charge in [-0.3, -0.25) is 0 Å². The molecule has 0 spiro atoms. The van der Waals surface area contributed by atoms with E-state index in [0.717, 1.165) is 12.1 Å². The van der Waals surface area contributed by atoms with Gasteiger partial charge in [0.15, 0.2) is 5.96 Å². The number of aryl methyl sites for hydroxylation is 1. The van der Waals surface area contributed by atoms with E-state index in [9.17, 15) is 4.39 Å². The number of benzene rings is 2. The van der Waals surface area contributed by atoms with Crippen molar-refractivity contribution in [3.05, 3.63) is 65.0 Å². The molecule has 4 nitrogen and oxygen atoms in total. The highest BCUT2D eigenvalue weighted by molar-refractivity contribution is 14.0. The van der Waals surface area contributed by atoms with Crippen LogP contribution < -0.4 is 11.1 Å². The highest BCUT2D eigenvalue weighted by Gasteiger charge is 2.03. The zero-order chi connectivity index (χ0) is 15.9. The van der Waals surface area contributed by atoms with Crippen LogP contribution in [0.25, 0.3) is 0 Å². The van der Waals surface area contributed by atoms with Crippen LogP contribution in [-0.2, 0) is 13.0 Å². The first-order chi connectivity index (χ1) is 10.6. The lowest BCUT2D eigenvalue weighted by atomic mass is 10.1. The summed E-state index contributed by atoms with van der Waals surface area (Å²) in [5, 5.41) is 11.7. The summed E-state index contributed by atoms with van der Waals surface area (Å²) in [7, 11) is 0. The van der Waals surface area contributed by atoms with Crippen molar-refractivity contribution in [3.8, 4) is 6.07 Å². The number of hydrogen-bond acceptors (Lipinski definition) is 2. The zero-order valence-electron chi connectivity index (χ0n) is 12.7. The lowest BCUT2D eigenvalue weighted by molar-refractivity contribution is 0.610. The molecule has 2 aromatic rings. The van der Waals surface area contributed by atoms with Crippen molar-refractivity contribution < 1.29 is 4.39 Å². The minimum absolute atomic E-state index is 0. The van der Waals surface area contributed by atoms with Crippen molar-refractivity contribution in [2.24, 2.45) is 10.7 Å². The summed E-state index contributed by atoms with van der Waals surface area (Å²) in [6.45, 7) is 2.20. The van der Waals surface area contributed by atoms with E-state index >= 15 is 0 Å². The Kier molecular flexibility index (Phi) is 7.48. The fourth-order valence-electron chi connectivity index (χ4n) is 1.93. The van der Waals surface area contributed by atoms with Crippen molar-refractivity contribution in [1.82, 2.24) is 0 Å². The van der Waals surface area contributed by atoms with Crippen molar-refractivity contribution in [2.45, 2.75) is 19.9 Å². The van der Waals surface area contributed by atoms with E-state index in [1.807, 2.05) is 30.3 Å². The normalized spacial score (nSPS) is 10.6. The summed E-state index contributed by atoms with van der Waals surface area (Å²) < 4.78 is 13.7. The molecule has 0 fully saturated rings. The molecule has 0 atom stereocenters. The number of nitrogens with zero attached hydrogens (tertiary/aromatic N) is 2. The number of nitriles is 1. The molecule has 0 aromatic heterocycles. The Morgan fingerprint density at radius 3 is 2.52 bits per heavy atom. The van der Waals surface area contributed by atoms with Gasteiger partial charge < -0.3 is 11.1 Å². The molecule has 0 aliphatic rings. The number of anilines is 1. The number of guanidine groups is 1. The molecule has 6 heteroatoms. The molecule has 2 rings (SSSR count). The van der Waals surface area contributed by atoms with Gasteiger partial charge in [-0.1, -0.05) is 25.1 Å². The van der Waals surface area contributed by atoms with E-state index in [0.29, 0.717) is 5.56 Å². The highest BCUT2D eigenvalue weighted by atomic mass is 127. The predicted octanol–water partition coefficient (Wildman–Crippen LogP) is 3.80. The second kappa shape index (κ2) is 9.10. The number of aliphatic imine (C=N–C) groups is 1. The van der Waals surface area contributed by atoms with Crippen LogP contribution in [0.2, 0.25) is 0 Å². The van der Waals surface area contributed by atoms with Gasteiger partial charge in [-0.05, 0) is 36.2 Å². The lowest BCUT2D eigenvalue weighted by Crippen LogP contribution is -2.22. The predicted molar refractivity (Wildman–Crippen MR) is 101 cm³/mol. The van der Waals surface area contributed by atoms with Crippen LogP contribution in [0, 0.1) is 17.1 Å². The fourth-order valence-corrected chi connectivity index (χ4v) is 1.93. The third-order valence-corrected chi connectivity index (χ3v) is 3.24. The highest BCUT2D eigenvalue weighted by Crippen LogP contribution is 2.12. The van der Waals surface area contributed by atoms with Crippen molar-refractivity contribution in [3.63, 3.8) is 0 Å². The van der Waals surface area contributed by atoms with Crippen LogP contribution >= 0.6 is 24.0 Å². The molecule has 0 unspecified atom stereocenters. The summed E-state index contributed by atoms with van der Waals surface area (Å²) in [6.07, 6.45) is 0.974. The van der Waals surface area contributed by atoms with Gasteiger partial charge >= 0.3 is 0 Å². The summed E-state index contributed by atoms with van der Waals surface area (Å²) >= 11 is 0. The summed E-state index contributed by atoms with van der Waals surface area (Å²) in [5.41, 5.74) is 8.54. The molecule has 0 heterocycles. The Balaban J connectivity index is 0.00000264. The number of rotatable bonds is 4. The topological polar surface area (TPSA) is 74.2 Å². The number of halogens is 2. The molecule has 0 aliphatic carbocycles. The van der Waals surface area contributed by atoms with E-state index in [4.69, 9.17) is 11.0 Å². The number of nitrogens with two attached hydrogens (primary N) is 1. The lowest BCUT2D eigenvalue weighted by Gasteiger charge is -2.07. The third-order valence-electron chi connectivity index (χ3n) is 3.24. The molecule has 0 radical (unpaired) electrons. The first-order valence-corrected chi connectivity index (χ1v) is 6.96. The molecular weight excluding hydrogens is 406 g/mol. The minimum Gasteiger partial charge on any atom is -0.370 e. The maximum atomic E-state index is 13.7. The maximum absolute atomic E-state index is 13.7. The van der Waals surface area contributed by atoms with Gasteiger partial charge in [0.25, 0.3) is 0 Å². The molecule has 3 N–H and O–H groups in total. The molecular formula is C17H18FIN4. The van der Waals surface area contributed by atoms with Gasteiger partial charge in [0.2, 0.25) is 0 Å². The van der Waals surface area contributed by atoms with Gasteiger partial charge in [0, 0.05) is 11.3 Å². The minimum atomic E-state index is -0.456. The third kappa shape index (κ3) is 5.53. The molecule has 0 amide bonds. The SMILES string of the molecule is CCc1ccc(NC(N)=NCc2ccc(C#N)cc2F)cc1.I. The number of hydrogen-bond donors (Lipinski definition) is 2. The van der Waals surface area contributed by atoms with Crippen molar-refractivity contribution in [1.29, 1.82) is 5.26 Å². The molecule has 0 bridgehead atoms. The van der Waals surface area contributed by atoms with Gasteiger partial charge in [-0.15, -0.1) is 24.0 Å². The Bertz CT molecular complexity index is 720. The van der Waals surface area contributed by atoms with E-state index in [2.05, 4.69) is 17.2 Å². The Morgan fingerprint density at radius 2 is 1.96 bits per heavy atom. The van der Waals surface area contributed by atoms with E-state index in [-0.39, 0.29) is 42.0 Å². The Morgan fingerprint density at radius 1 is 1.26 bits per heavy atom. The van der Waals surface area contributed by atoms with Crippen molar-refractivity contribution in [2.75, 3.05) is 5.32 Å². The maximum Gasteiger partial charge on any atom is 0.193 e. The van der Waals surface area contributed by atoms with Crippen LogP contribution in [0.5, 0.6) is 0 Å². The molecule has 0 saturated carbocycles. The van der Waals surface area contributed by atoms with E-state index in [1.54, 1.807) is 12.1 Å². The van der Waals surface area contributed by atoms with Crippen LogP contribution in [0.1, 0.15) is 23.6 Å². The van der Waals surface area contributed by atoms with Crippen LogP contribution in [0.3, 0.4) is 0 Å². The van der Waals surface area contributed by atoms with Crippen molar-refractivity contribution >= 4 is 35.6 Å². The summed E-state index contributed by atoms with van der Waals surface area (Å²) in [6, 6.07) is 14.0. The fraction of sp³-hybridized carbons (Fsp3) is 0.176. The Labute approximate surface area is 152 Å². The summed E-state index contributed by atoms with van der Waals surface area (Å²) in [4.78, 5) is 4.11. The Hall–Kier alpha value is -2.14. The van der Waals surface area contributed by atoms with E-state index < -0.39 is 5.82 Å². The zero-order valence-corrected chi connectivity index (χ0v) is 15.0. The molecule has 2 aromatic carbocycles. The standard InChI is InChI=1S/C17H17FN4.HI/c1-2-12-4-7-15(8-5-12)22-17(20)21-11-14-6-3-13(10-19)9-16(14)18;/h3-9H,2,11H2,1H3,(H3,20,21,22);1H. The van der Waals surface area contributed by atoms with E-state index in [1.165, 1.54) is 11.6 Å². The molecule has 23 heavy (non-hydrogen) atoms. The molecule has 0 saturated heterocycles. The second-order valence-corrected chi connectivity index (χ2v) is 4.79. The first-order valence-electron chi connectivity index (χ1n) is 6.96. The van der Waals surface area contributed by atoms with Crippen LogP contribution in [0.15, 0.2) is 47.5 Å². The number of nitrogens with one attached hydrogen (secondary N) is 1. The van der Waals surface area contributed by atoms with Gasteiger partial charge in [-0.25, -0.2) is 9.38 Å². The average Bonchev–Trinajstić information content (AvgIpc) is 2.54. The molecule has 120 valence electrons. The monoisotopic (exact) mass is 424 g/mol. The van der Waals surface area contributed by atoms with Gasteiger partial charge in [0.1, 0.15) is 5.82 Å². The van der Waals surface area contributed by atoms with Gasteiger partial charge in [-0.2, -0.15) is 5.26 Å².